The summed E-state index contributed by atoms with van der Waals surface area (Å²) in [7, 11) is 0. The molecule has 36 heavy (non-hydrogen) atoms. The lowest BCUT2D eigenvalue weighted by atomic mass is 9.70. The first kappa shape index (κ1) is 23.9. The van der Waals surface area contributed by atoms with Gasteiger partial charge in [-0.05, 0) is 78.8 Å². The van der Waals surface area contributed by atoms with Crippen molar-refractivity contribution in [3.05, 3.63) is 130 Å². The lowest BCUT2D eigenvalue weighted by molar-refractivity contribution is 0.111. The molecule has 0 heterocycles. The summed E-state index contributed by atoms with van der Waals surface area (Å²) in [5.74, 6) is 0. The highest BCUT2D eigenvalue weighted by molar-refractivity contribution is 5.81. The van der Waals surface area contributed by atoms with Gasteiger partial charge in [-0.2, -0.15) is 0 Å². The van der Waals surface area contributed by atoms with Gasteiger partial charge in [-0.3, -0.25) is 9.59 Å². The van der Waals surface area contributed by atoms with Crippen molar-refractivity contribution >= 4 is 12.6 Å². The summed E-state index contributed by atoms with van der Waals surface area (Å²) in [5.41, 5.74) is 11.0. The molecule has 1 aliphatic rings. The normalized spacial score (nSPS) is 13.1. The number of hydrogen-bond acceptors (Lipinski definition) is 2. The van der Waals surface area contributed by atoms with E-state index in [1.54, 1.807) is 0 Å². The van der Waals surface area contributed by atoms with E-state index in [-0.39, 0.29) is 5.41 Å². The zero-order valence-corrected chi connectivity index (χ0v) is 20.9. The summed E-state index contributed by atoms with van der Waals surface area (Å²) < 4.78 is 0. The number of benzene rings is 4. The molecule has 0 amide bonds. The van der Waals surface area contributed by atoms with E-state index >= 15 is 0 Å². The van der Waals surface area contributed by atoms with Crippen LogP contribution in [0.25, 0.3) is 11.1 Å². The van der Waals surface area contributed by atoms with Crippen LogP contribution >= 0.6 is 0 Å². The Balaban J connectivity index is 1.43. The Kier molecular flexibility index (Phi) is 6.95. The van der Waals surface area contributed by atoms with Gasteiger partial charge in [0.1, 0.15) is 12.6 Å². The molecular formula is C34H32O2. The third kappa shape index (κ3) is 4.68. The van der Waals surface area contributed by atoms with Gasteiger partial charge in [-0.25, -0.2) is 0 Å². The summed E-state index contributed by atoms with van der Waals surface area (Å²) in [6, 6.07) is 31.9. The molecule has 0 spiro atoms. The third-order valence-corrected chi connectivity index (χ3v) is 7.79. The third-order valence-electron chi connectivity index (χ3n) is 7.79. The van der Waals surface area contributed by atoms with Crippen LogP contribution < -0.4 is 0 Å². The smallest absolute Gasteiger partial charge is 0.150 e. The van der Waals surface area contributed by atoms with Crippen molar-refractivity contribution in [1.82, 2.24) is 0 Å². The average Bonchev–Trinajstić information content (AvgIpc) is 3.18. The second-order valence-corrected chi connectivity index (χ2v) is 10.1. The molecule has 4 aromatic rings. The van der Waals surface area contributed by atoms with Crippen molar-refractivity contribution in [2.75, 3.05) is 0 Å². The highest BCUT2D eigenvalue weighted by Crippen LogP contribution is 2.54. The molecule has 0 saturated heterocycles. The van der Waals surface area contributed by atoms with Gasteiger partial charge in [0.2, 0.25) is 0 Å². The SMILES string of the molecule is Cc1ccc2c(c1)C(CCCc1ccc(C=O)cc1)(CCCc1ccc(C=O)cc1)c1ccccc1-2. The molecule has 5 rings (SSSR count). The average molecular weight is 473 g/mol. The van der Waals surface area contributed by atoms with Crippen LogP contribution in [0.3, 0.4) is 0 Å². The maximum Gasteiger partial charge on any atom is 0.150 e. The Bertz CT molecular complexity index is 1310. The minimum absolute atomic E-state index is 0.0105. The predicted octanol–water partition coefficient (Wildman–Crippen LogP) is 7.93. The number of aryl methyl sites for hydroxylation is 3. The number of aldehydes is 2. The summed E-state index contributed by atoms with van der Waals surface area (Å²) in [6.45, 7) is 2.19. The van der Waals surface area contributed by atoms with Crippen molar-refractivity contribution < 1.29 is 9.59 Å². The number of rotatable bonds is 10. The van der Waals surface area contributed by atoms with Crippen molar-refractivity contribution in [3.8, 4) is 11.1 Å². The molecule has 0 unspecified atom stereocenters. The minimum atomic E-state index is -0.0105. The summed E-state index contributed by atoms with van der Waals surface area (Å²) >= 11 is 0. The number of carbonyl (C=O) groups excluding carboxylic acids is 2. The maximum absolute atomic E-state index is 11.0. The van der Waals surface area contributed by atoms with Crippen LogP contribution in [0.1, 0.15) is 74.2 Å². The van der Waals surface area contributed by atoms with Gasteiger partial charge in [0.05, 0.1) is 0 Å². The van der Waals surface area contributed by atoms with Crippen LogP contribution in [0.5, 0.6) is 0 Å². The van der Waals surface area contributed by atoms with E-state index in [1.165, 1.54) is 38.9 Å². The standard InChI is InChI=1S/C34H32O2/c1-25-10-19-31-30-8-2-3-9-32(30)34(33(31)22-25,20-4-6-26-11-15-28(23-35)16-12-26)21-5-7-27-13-17-29(24-36)18-14-27/h2-3,8-19,22-24H,4-7,20-21H2,1H3. The van der Waals surface area contributed by atoms with Crippen LogP contribution in [0.2, 0.25) is 0 Å². The Labute approximate surface area is 214 Å². The van der Waals surface area contributed by atoms with Gasteiger partial charge in [0.25, 0.3) is 0 Å². The summed E-state index contributed by atoms with van der Waals surface area (Å²) in [6.07, 6.45) is 8.13. The Hall–Kier alpha value is -3.78. The van der Waals surface area contributed by atoms with Gasteiger partial charge >= 0.3 is 0 Å². The highest BCUT2D eigenvalue weighted by atomic mass is 16.1. The Morgan fingerprint density at radius 1 is 0.611 bits per heavy atom. The first-order valence-electron chi connectivity index (χ1n) is 12.9. The molecule has 180 valence electrons. The molecule has 0 aromatic heterocycles. The van der Waals surface area contributed by atoms with Crippen molar-refractivity contribution in [2.24, 2.45) is 0 Å². The quantitative estimate of drug-likeness (QED) is 0.220. The molecule has 0 atom stereocenters. The van der Waals surface area contributed by atoms with Crippen molar-refractivity contribution in [1.29, 1.82) is 0 Å². The van der Waals surface area contributed by atoms with Crippen LogP contribution in [0.4, 0.5) is 0 Å². The van der Waals surface area contributed by atoms with Gasteiger partial charge in [0, 0.05) is 16.5 Å². The van der Waals surface area contributed by atoms with E-state index in [0.717, 1.165) is 62.2 Å². The monoisotopic (exact) mass is 472 g/mol. The van der Waals surface area contributed by atoms with E-state index in [2.05, 4.69) is 73.7 Å². The zero-order chi connectivity index (χ0) is 25.0. The second kappa shape index (κ2) is 10.5. The fraction of sp³-hybridized carbons (Fsp3) is 0.235. The Morgan fingerprint density at radius 3 is 1.69 bits per heavy atom. The molecule has 1 aliphatic carbocycles. The van der Waals surface area contributed by atoms with Gasteiger partial charge < -0.3 is 0 Å². The van der Waals surface area contributed by atoms with Crippen molar-refractivity contribution in [3.63, 3.8) is 0 Å². The van der Waals surface area contributed by atoms with E-state index < -0.39 is 0 Å². The Morgan fingerprint density at radius 2 is 1.14 bits per heavy atom. The fourth-order valence-electron chi connectivity index (χ4n) is 5.95. The molecular weight excluding hydrogens is 440 g/mol. The molecule has 0 fully saturated rings. The summed E-state index contributed by atoms with van der Waals surface area (Å²) in [5, 5.41) is 0. The molecule has 0 N–H and O–H groups in total. The zero-order valence-electron chi connectivity index (χ0n) is 20.9. The lowest BCUT2D eigenvalue weighted by Crippen LogP contribution is -2.26. The molecule has 2 nitrogen and oxygen atoms in total. The number of hydrogen-bond donors (Lipinski definition) is 0. The van der Waals surface area contributed by atoms with Crippen LogP contribution in [-0.2, 0) is 18.3 Å². The van der Waals surface area contributed by atoms with Gasteiger partial charge in [-0.15, -0.1) is 0 Å². The largest absolute Gasteiger partial charge is 0.298 e. The van der Waals surface area contributed by atoms with Crippen LogP contribution in [0.15, 0.2) is 91.0 Å². The molecule has 2 heteroatoms. The second-order valence-electron chi connectivity index (χ2n) is 10.1. The van der Waals surface area contributed by atoms with Gasteiger partial charge in [0.15, 0.2) is 0 Å². The molecule has 0 aliphatic heterocycles. The minimum Gasteiger partial charge on any atom is -0.298 e. The topological polar surface area (TPSA) is 34.1 Å². The summed E-state index contributed by atoms with van der Waals surface area (Å²) in [4.78, 5) is 22.1. The van der Waals surface area contributed by atoms with E-state index in [4.69, 9.17) is 0 Å². The van der Waals surface area contributed by atoms with E-state index in [0.29, 0.717) is 0 Å². The first-order chi connectivity index (χ1) is 17.6. The maximum atomic E-state index is 11.0. The van der Waals surface area contributed by atoms with Crippen molar-refractivity contribution in [2.45, 2.75) is 50.9 Å². The molecule has 0 saturated carbocycles. The first-order valence-corrected chi connectivity index (χ1v) is 12.9. The lowest BCUT2D eigenvalue weighted by Gasteiger charge is -2.33. The highest BCUT2D eigenvalue weighted by Gasteiger charge is 2.42. The number of carbonyl (C=O) groups is 2. The molecule has 0 radical (unpaired) electrons. The van der Waals surface area contributed by atoms with Crippen LogP contribution in [0, 0.1) is 6.92 Å². The predicted molar refractivity (Wildman–Crippen MR) is 147 cm³/mol. The van der Waals surface area contributed by atoms with E-state index in [1.807, 2.05) is 24.3 Å². The van der Waals surface area contributed by atoms with Gasteiger partial charge in [-0.1, -0.05) is 96.6 Å². The number of fused-ring (bicyclic) bond motifs is 3. The van der Waals surface area contributed by atoms with Crippen LogP contribution in [-0.4, -0.2) is 12.6 Å². The van der Waals surface area contributed by atoms with E-state index in [9.17, 15) is 9.59 Å². The molecule has 0 bridgehead atoms. The fourth-order valence-corrected chi connectivity index (χ4v) is 5.95. The molecule has 4 aromatic carbocycles.